The predicted molar refractivity (Wildman–Crippen MR) is 130 cm³/mol. The summed E-state index contributed by atoms with van der Waals surface area (Å²) in [4.78, 5) is 12.3. The van der Waals surface area contributed by atoms with Crippen LogP contribution in [0.3, 0.4) is 0 Å². The zero-order valence-corrected chi connectivity index (χ0v) is 18.9. The Morgan fingerprint density at radius 1 is 1.09 bits per heavy atom. The Hall–Kier alpha value is -4.31. The summed E-state index contributed by atoms with van der Waals surface area (Å²) in [5, 5.41) is 32.2. The Bertz CT molecular complexity index is 1310. The third kappa shape index (κ3) is 5.36. The molecule has 0 spiro atoms. The summed E-state index contributed by atoms with van der Waals surface area (Å²) in [6, 6.07) is 21.2. The number of amides is 1. The number of thioether (sulfide) groups is 1. The van der Waals surface area contributed by atoms with Gasteiger partial charge in [0.2, 0.25) is 0 Å². The maximum absolute atomic E-state index is 12.3. The number of hydrazone groups is 1. The molecule has 0 unspecified atom stereocenters. The number of hydrogen-bond donors (Lipinski definition) is 3. The Kier molecular flexibility index (Phi) is 7.09. The molecule has 0 saturated heterocycles. The summed E-state index contributed by atoms with van der Waals surface area (Å²) >= 11 is 1.22. The standard InChI is InChI=1S/C24H21N5O4S/c1-33-20-11-8-16(9-12-20)23-27-28-24(29(23)18-5-3-2-4-6-18)34-15-22(32)26-25-14-17-7-10-19(30)13-21(17)31/h2-14,30-31H,15H2,1H3,(H,26,32)/b25-14-. The average molecular weight is 476 g/mol. The molecule has 34 heavy (non-hydrogen) atoms. The molecule has 0 radical (unpaired) electrons. The highest BCUT2D eigenvalue weighted by Gasteiger charge is 2.17. The van der Waals surface area contributed by atoms with Crippen molar-refractivity contribution < 1.29 is 19.7 Å². The molecule has 1 amide bonds. The first-order chi connectivity index (χ1) is 16.5. The number of carbonyl (C=O) groups is 1. The van der Waals surface area contributed by atoms with Crippen molar-refractivity contribution >= 4 is 23.9 Å². The van der Waals surface area contributed by atoms with Gasteiger partial charge < -0.3 is 14.9 Å². The lowest BCUT2D eigenvalue weighted by Gasteiger charge is -2.10. The van der Waals surface area contributed by atoms with Crippen molar-refractivity contribution in [2.75, 3.05) is 12.9 Å². The van der Waals surface area contributed by atoms with E-state index in [4.69, 9.17) is 4.74 Å². The van der Waals surface area contributed by atoms with Gasteiger partial charge in [-0.05, 0) is 48.5 Å². The minimum atomic E-state index is -0.354. The summed E-state index contributed by atoms with van der Waals surface area (Å²) in [7, 11) is 1.61. The largest absolute Gasteiger partial charge is 0.508 e. The van der Waals surface area contributed by atoms with Gasteiger partial charge in [0.15, 0.2) is 11.0 Å². The van der Waals surface area contributed by atoms with Crippen LogP contribution < -0.4 is 10.2 Å². The van der Waals surface area contributed by atoms with Gasteiger partial charge in [0, 0.05) is 22.9 Å². The first-order valence-electron chi connectivity index (χ1n) is 10.2. The molecule has 4 rings (SSSR count). The van der Waals surface area contributed by atoms with Crippen LogP contribution in [-0.2, 0) is 4.79 Å². The normalized spacial score (nSPS) is 11.0. The number of benzene rings is 3. The maximum atomic E-state index is 12.3. The molecule has 0 aliphatic heterocycles. The van der Waals surface area contributed by atoms with Gasteiger partial charge in [-0.3, -0.25) is 9.36 Å². The van der Waals surface area contributed by atoms with Crippen molar-refractivity contribution in [2.24, 2.45) is 5.10 Å². The molecular formula is C24H21N5O4S. The van der Waals surface area contributed by atoms with Crippen molar-refractivity contribution in [3.05, 3.63) is 78.4 Å². The van der Waals surface area contributed by atoms with Crippen molar-refractivity contribution in [1.82, 2.24) is 20.2 Å². The van der Waals surface area contributed by atoms with Crippen molar-refractivity contribution in [3.63, 3.8) is 0 Å². The molecule has 4 aromatic rings. The third-order valence-corrected chi connectivity index (χ3v) is 5.66. The van der Waals surface area contributed by atoms with E-state index >= 15 is 0 Å². The Balaban J connectivity index is 1.49. The topological polar surface area (TPSA) is 122 Å². The van der Waals surface area contributed by atoms with E-state index in [0.717, 1.165) is 17.0 Å². The van der Waals surface area contributed by atoms with Gasteiger partial charge in [-0.15, -0.1) is 10.2 Å². The van der Waals surface area contributed by atoms with Crippen LogP contribution in [0.4, 0.5) is 0 Å². The molecule has 3 aromatic carbocycles. The third-order valence-electron chi connectivity index (χ3n) is 4.74. The highest BCUT2D eigenvalue weighted by Crippen LogP contribution is 2.29. The highest BCUT2D eigenvalue weighted by atomic mass is 32.2. The minimum Gasteiger partial charge on any atom is -0.508 e. The lowest BCUT2D eigenvalue weighted by Crippen LogP contribution is -2.20. The van der Waals surface area contributed by atoms with E-state index in [1.165, 1.54) is 36.2 Å². The summed E-state index contributed by atoms with van der Waals surface area (Å²) in [6.07, 6.45) is 1.30. The molecule has 172 valence electrons. The molecule has 0 atom stereocenters. The molecule has 1 aromatic heterocycles. The molecular weight excluding hydrogens is 454 g/mol. The second kappa shape index (κ2) is 10.5. The summed E-state index contributed by atoms with van der Waals surface area (Å²) in [6.45, 7) is 0. The van der Waals surface area contributed by atoms with E-state index in [-0.39, 0.29) is 23.2 Å². The molecule has 0 bridgehead atoms. The number of aromatic hydroxyl groups is 2. The molecule has 3 N–H and O–H groups in total. The first kappa shape index (κ1) is 22.9. The van der Waals surface area contributed by atoms with Crippen LogP contribution in [0.5, 0.6) is 17.2 Å². The number of nitrogens with zero attached hydrogens (tertiary/aromatic N) is 4. The Labute approximate surface area is 199 Å². The fraction of sp³-hybridized carbons (Fsp3) is 0.0833. The number of phenolic OH excluding ortho intramolecular Hbond substituents is 2. The number of methoxy groups -OCH3 is 1. The number of aromatic nitrogens is 3. The molecule has 10 heteroatoms. The molecule has 0 fully saturated rings. The number of rotatable bonds is 8. The van der Waals surface area contributed by atoms with Crippen LogP contribution in [-0.4, -0.2) is 50.0 Å². The molecule has 0 saturated carbocycles. The number of hydrogen-bond acceptors (Lipinski definition) is 8. The van der Waals surface area contributed by atoms with Gasteiger partial charge in [0.05, 0.1) is 19.1 Å². The van der Waals surface area contributed by atoms with Gasteiger partial charge in [-0.25, -0.2) is 5.43 Å². The zero-order chi connectivity index (χ0) is 23.9. The van der Waals surface area contributed by atoms with Crippen LogP contribution in [0.1, 0.15) is 5.56 Å². The van der Waals surface area contributed by atoms with Crippen LogP contribution in [0.25, 0.3) is 17.1 Å². The predicted octanol–water partition coefficient (Wildman–Crippen LogP) is 3.60. The smallest absolute Gasteiger partial charge is 0.250 e. The number of phenols is 2. The second-order valence-corrected chi connectivity index (χ2v) is 7.97. The first-order valence-corrected chi connectivity index (χ1v) is 11.2. The highest BCUT2D eigenvalue weighted by molar-refractivity contribution is 7.99. The van der Waals surface area contributed by atoms with Crippen molar-refractivity contribution in [1.29, 1.82) is 0 Å². The summed E-state index contributed by atoms with van der Waals surface area (Å²) in [5.74, 6) is 0.862. The molecule has 0 aliphatic rings. The lowest BCUT2D eigenvalue weighted by molar-refractivity contribution is -0.118. The Morgan fingerprint density at radius 3 is 2.56 bits per heavy atom. The van der Waals surface area contributed by atoms with E-state index in [9.17, 15) is 15.0 Å². The van der Waals surface area contributed by atoms with Crippen LogP contribution in [0.2, 0.25) is 0 Å². The number of carbonyl (C=O) groups excluding carboxylic acids is 1. The van der Waals surface area contributed by atoms with E-state index in [0.29, 0.717) is 16.5 Å². The van der Waals surface area contributed by atoms with E-state index < -0.39 is 0 Å². The monoisotopic (exact) mass is 475 g/mol. The van der Waals surface area contributed by atoms with E-state index in [1.807, 2.05) is 59.2 Å². The van der Waals surface area contributed by atoms with Crippen molar-refractivity contribution in [2.45, 2.75) is 5.16 Å². The van der Waals surface area contributed by atoms with Gasteiger partial charge in [0.1, 0.15) is 17.2 Å². The zero-order valence-electron chi connectivity index (χ0n) is 18.1. The van der Waals surface area contributed by atoms with Crippen molar-refractivity contribution in [3.8, 4) is 34.3 Å². The SMILES string of the molecule is COc1ccc(-c2nnc(SCC(=O)N/N=C\c3ccc(O)cc3O)n2-c2ccccc2)cc1. The molecule has 1 heterocycles. The van der Waals surface area contributed by atoms with Crippen LogP contribution in [0.15, 0.2) is 83.1 Å². The van der Waals surface area contributed by atoms with E-state index in [2.05, 4.69) is 20.7 Å². The summed E-state index contributed by atoms with van der Waals surface area (Å²) in [5.41, 5.74) is 4.49. The lowest BCUT2D eigenvalue weighted by atomic mass is 10.2. The maximum Gasteiger partial charge on any atom is 0.250 e. The van der Waals surface area contributed by atoms with Gasteiger partial charge >= 0.3 is 0 Å². The minimum absolute atomic E-state index is 0.0481. The van der Waals surface area contributed by atoms with E-state index in [1.54, 1.807) is 7.11 Å². The summed E-state index contributed by atoms with van der Waals surface area (Å²) < 4.78 is 7.12. The fourth-order valence-corrected chi connectivity index (χ4v) is 3.82. The van der Waals surface area contributed by atoms with Crippen LogP contribution >= 0.6 is 11.8 Å². The van der Waals surface area contributed by atoms with Crippen LogP contribution in [0, 0.1) is 0 Å². The molecule has 0 aliphatic carbocycles. The fourth-order valence-electron chi connectivity index (χ4n) is 3.08. The van der Waals surface area contributed by atoms with Gasteiger partial charge in [-0.1, -0.05) is 30.0 Å². The molecule has 9 nitrogen and oxygen atoms in total. The number of nitrogens with one attached hydrogen (secondary N) is 1. The second-order valence-electron chi connectivity index (χ2n) is 7.03. The number of para-hydroxylation sites is 1. The van der Waals surface area contributed by atoms with Gasteiger partial charge in [-0.2, -0.15) is 5.10 Å². The quantitative estimate of drug-likeness (QED) is 0.202. The average Bonchev–Trinajstić information content (AvgIpc) is 3.28. The Morgan fingerprint density at radius 2 is 1.85 bits per heavy atom. The number of ether oxygens (including phenoxy) is 1. The van der Waals surface area contributed by atoms with Gasteiger partial charge in [0.25, 0.3) is 5.91 Å².